The summed E-state index contributed by atoms with van der Waals surface area (Å²) in [7, 11) is 0. The van der Waals surface area contributed by atoms with E-state index < -0.39 is 6.09 Å². The van der Waals surface area contributed by atoms with E-state index >= 15 is 0 Å². The van der Waals surface area contributed by atoms with Crippen LogP contribution in [0.25, 0.3) is 0 Å². The minimum Gasteiger partial charge on any atom is -0.449 e. The Morgan fingerprint density at radius 2 is 2.26 bits per heavy atom. The van der Waals surface area contributed by atoms with Crippen LogP contribution in [0.15, 0.2) is 24.3 Å². The monoisotopic (exact) mass is 259 g/mol. The number of anilines is 1. The number of cyclic esters (lactones) is 1. The quantitative estimate of drug-likeness (QED) is 0.887. The molecule has 1 aliphatic heterocycles. The Morgan fingerprint density at radius 1 is 1.47 bits per heavy atom. The van der Waals surface area contributed by atoms with Gasteiger partial charge in [-0.15, -0.1) is 0 Å². The molecule has 1 aromatic carbocycles. The van der Waals surface area contributed by atoms with E-state index in [0.29, 0.717) is 30.8 Å². The fourth-order valence-corrected chi connectivity index (χ4v) is 1.79. The van der Waals surface area contributed by atoms with Gasteiger partial charge >= 0.3 is 6.09 Å². The van der Waals surface area contributed by atoms with Gasteiger partial charge in [0.25, 0.3) is 0 Å². The third kappa shape index (κ3) is 3.22. The number of rotatable bonds is 3. The molecule has 1 fully saturated rings. The molecule has 0 atom stereocenters. The van der Waals surface area contributed by atoms with Crippen molar-refractivity contribution in [1.29, 1.82) is 5.26 Å². The summed E-state index contributed by atoms with van der Waals surface area (Å²) in [6.45, 7) is 0.832. The predicted molar refractivity (Wildman–Crippen MR) is 67.3 cm³/mol. The van der Waals surface area contributed by atoms with Crippen molar-refractivity contribution < 1.29 is 14.3 Å². The molecule has 19 heavy (non-hydrogen) atoms. The number of hydrogen-bond donors (Lipinski definition) is 1. The number of ether oxygens (including phenoxy) is 1. The number of nitriles is 1. The zero-order valence-corrected chi connectivity index (χ0v) is 10.3. The molecule has 0 unspecified atom stereocenters. The van der Waals surface area contributed by atoms with E-state index in [2.05, 4.69) is 5.32 Å². The first-order valence-electron chi connectivity index (χ1n) is 5.91. The maximum atomic E-state index is 11.8. The largest absolute Gasteiger partial charge is 0.449 e. The number of hydrogen-bond acceptors (Lipinski definition) is 4. The molecule has 1 N–H and O–H groups in total. The second-order valence-electron chi connectivity index (χ2n) is 4.10. The molecule has 0 radical (unpaired) electrons. The van der Waals surface area contributed by atoms with Gasteiger partial charge in [0, 0.05) is 6.54 Å². The van der Waals surface area contributed by atoms with Crippen LogP contribution in [0.2, 0.25) is 0 Å². The lowest BCUT2D eigenvalue weighted by Crippen LogP contribution is -2.42. The van der Waals surface area contributed by atoms with Crippen LogP contribution in [0.4, 0.5) is 10.5 Å². The minimum absolute atomic E-state index is 0.0708. The van der Waals surface area contributed by atoms with Crippen molar-refractivity contribution in [2.45, 2.75) is 6.42 Å². The van der Waals surface area contributed by atoms with Crippen LogP contribution in [0.1, 0.15) is 12.0 Å². The van der Waals surface area contributed by atoms with Gasteiger partial charge in [-0.1, -0.05) is 12.1 Å². The summed E-state index contributed by atoms with van der Waals surface area (Å²) in [5.74, 6) is -0.346. The van der Waals surface area contributed by atoms with Crippen LogP contribution in [-0.2, 0) is 9.53 Å². The van der Waals surface area contributed by atoms with Gasteiger partial charge in [-0.05, 0) is 18.6 Å². The predicted octanol–water partition coefficient (Wildman–Crippen LogP) is 1.34. The Hall–Kier alpha value is -2.55. The standard InChI is InChI=1S/C13H13N3O3/c14-8-10-4-1-2-5-11(10)15-12(17)9-16-6-3-7-19-13(16)18/h1-2,4-5H,3,6-7,9H2,(H,15,17). The molecule has 6 heteroatoms. The highest BCUT2D eigenvalue weighted by Gasteiger charge is 2.22. The maximum absolute atomic E-state index is 11.8. The van der Waals surface area contributed by atoms with Crippen molar-refractivity contribution in [3.8, 4) is 6.07 Å². The molecule has 98 valence electrons. The summed E-state index contributed by atoms with van der Waals surface area (Å²) < 4.78 is 4.84. The molecule has 1 aliphatic rings. The van der Waals surface area contributed by atoms with E-state index in [0.717, 1.165) is 0 Å². The lowest BCUT2D eigenvalue weighted by atomic mass is 10.2. The average Bonchev–Trinajstić information content (AvgIpc) is 2.42. The lowest BCUT2D eigenvalue weighted by molar-refractivity contribution is -0.117. The molecular formula is C13H13N3O3. The average molecular weight is 259 g/mol. The van der Waals surface area contributed by atoms with Crippen molar-refractivity contribution >= 4 is 17.7 Å². The van der Waals surface area contributed by atoms with Gasteiger partial charge < -0.3 is 10.1 Å². The zero-order chi connectivity index (χ0) is 13.7. The zero-order valence-electron chi connectivity index (χ0n) is 10.3. The summed E-state index contributed by atoms with van der Waals surface area (Å²) in [6, 6.07) is 8.70. The summed E-state index contributed by atoms with van der Waals surface area (Å²) >= 11 is 0. The number of amides is 2. The first-order valence-corrected chi connectivity index (χ1v) is 5.91. The highest BCUT2D eigenvalue weighted by atomic mass is 16.6. The fourth-order valence-electron chi connectivity index (χ4n) is 1.79. The van der Waals surface area contributed by atoms with E-state index in [1.807, 2.05) is 6.07 Å². The van der Waals surface area contributed by atoms with Crippen molar-refractivity contribution in [2.75, 3.05) is 25.0 Å². The van der Waals surface area contributed by atoms with Gasteiger partial charge in [0.2, 0.25) is 5.91 Å². The van der Waals surface area contributed by atoms with Gasteiger partial charge in [-0.2, -0.15) is 5.26 Å². The Labute approximate surface area is 110 Å². The highest BCUT2D eigenvalue weighted by Crippen LogP contribution is 2.13. The number of para-hydroxylation sites is 1. The van der Waals surface area contributed by atoms with E-state index in [1.165, 1.54) is 4.90 Å². The first kappa shape index (κ1) is 12.9. The van der Waals surface area contributed by atoms with Crippen LogP contribution in [0.3, 0.4) is 0 Å². The van der Waals surface area contributed by atoms with E-state index in [9.17, 15) is 9.59 Å². The summed E-state index contributed by atoms with van der Waals surface area (Å²) in [6.07, 6.45) is 0.239. The van der Waals surface area contributed by atoms with Gasteiger partial charge in [0.1, 0.15) is 12.6 Å². The Kier molecular flexibility index (Phi) is 3.98. The van der Waals surface area contributed by atoms with Crippen LogP contribution in [0.5, 0.6) is 0 Å². The summed E-state index contributed by atoms with van der Waals surface area (Å²) in [4.78, 5) is 24.5. The summed E-state index contributed by atoms with van der Waals surface area (Å²) in [5.41, 5.74) is 0.831. The van der Waals surface area contributed by atoms with Crippen molar-refractivity contribution in [2.24, 2.45) is 0 Å². The molecule has 1 aromatic rings. The maximum Gasteiger partial charge on any atom is 0.410 e. The van der Waals surface area contributed by atoms with Gasteiger partial charge in [-0.25, -0.2) is 4.79 Å². The first-order chi connectivity index (χ1) is 9.20. The smallest absolute Gasteiger partial charge is 0.410 e. The molecule has 2 rings (SSSR count). The molecule has 0 spiro atoms. The van der Waals surface area contributed by atoms with Crippen LogP contribution in [0, 0.1) is 11.3 Å². The number of benzene rings is 1. The number of carbonyl (C=O) groups excluding carboxylic acids is 2. The topological polar surface area (TPSA) is 82.4 Å². The van der Waals surface area contributed by atoms with Gasteiger partial charge in [0.15, 0.2) is 0 Å². The van der Waals surface area contributed by atoms with E-state index in [-0.39, 0.29) is 12.5 Å². The number of carbonyl (C=O) groups is 2. The van der Waals surface area contributed by atoms with Crippen molar-refractivity contribution in [3.63, 3.8) is 0 Å². The normalized spacial score (nSPS) is 14.5. The highest BCUT2D eigenvalue weighted by molar-refractivity contribution is 5.95. The molecule has 1 saturated heterocycles. The van der Waals surface area contributed by atoms with Crippen LogP contribution < -0.4 is 5.32 Å². The lowest BCUT2D eigenvalue weighted by Gasteiger charge is -2.25. The number of nitrogens with zero attached hydrogens (tertiary/aromatic N) is 2. The molecule has 6 nitrogen and oxygen atoms in total. The molecule has 0 saturated carbocycles. The molecule has 0 aromatic heterocycles. The Bertz CT molecular complexity index is 536. The Morgan fingerprint density at radius 3 is 3.00 bits per heavy atom. The molecule has 0 bridgehead atoms. The summed E-state index contributed by atoms with van der Waals surface area (Å²) in [5, 5.41) is 11.5. The molecule has 0 aliphatic carbocycles. The van der Waals surface area contributed by atoms with Crippen LogP contribution >= 0.6 is 0 Å². The SMILES string of the molecule is N#Cc1ccccc1NC(=O)CN1CCCOC1=O. The third-order valence-electron chi connectivity index (χ3n) is 2.71. The van der Waals surface area contributed by atoms with Crippen molar-refractivity contribution in [3.05, 3.63) is 29.8 Å². The van der Waals surface area contributed by atoms with E-state index in [4.69, 9.17) is 10.00 Å². The van der Waals surface area contributed by atoms with Gasteiger partial charge in [0.05, 0.1) is 17.9 Å². The van der Waals surface area contributed by atoms with Crippen molar-refractivity contribution in [1.82, 2.24) is 4.90 Å². The second kappa shape index (κ2) is 5.87. The van der Waals surface area contributed by atoms with Gasteiger partial charge in [-0.3, -0.25) is 9.69 Å². The number of nitrogens with one attached hydrogen (secondary N) is 1. The second-order valence-corrected chi connectivity index (χ2v) is 4.10. The minimum atomic E-state index is -0.477. The molecular weight excluding hydrogens is 246 g/mol. The van der Waals surface area contributed by atoms with Crippen LogP contribution in [-0.4, -0.2) is 36.6 Å². The fraction of sp³-hybridized carbons (Fsp3) is 0.308. The molecule has 2 amide bonds. The molecule has 1 heterocycles. The van der Waals surface area contributed by atoms with E-state index in [1.54, 1.807) is 24.3 Å². The third-order valence-corrected chi connectivity index (χ3v) is 2.71. The Balaban J connectivity index is 1.98.